The van der Waals surface area contributed by atoms with E-state index in [4.69, 9.17) is 15.6 Å². The van der Waals surface area contributed by atoms with Crippen LogP contribution in [0.1, 0.15) is 16.6 Å². The second-order valence-electron chi connectivity index (χ2n) is 4.12. The predicted molar refractivity (Wildman–Crippen MR) is 61.3 cm³/mol. The Bertz CT molecular complexity index is 545. The summed E-state index contributed by atoms with van der Waals surface area (Å²) in [6.07, 6.45) is -3.56. The Labute approximate surface area is 106 Å². The summed E-state index contributed by atoms with van der Waals surface area (Å²) in [6, 6.07) is 0. The number of aliphatic hydroxyl groups excluding tert-OH is 3. The van der Waals surface area contributed by atoms with Gasteiger partial charge in [0.15, 0.2) is 12.5 Å². The number of nitrogens with two attached hydrogens (primary N) is 1. The van der Waals surface area contributed by atoms with Gasteiger partial charge in [-0.2, -0.15) is 4.98 Å². The first kappa shape index (κ1) is 13.6. The standard InChI is InChI=1S/C10H13N3O6/c11-8-4(2-14)1-13(10(18)12-8)9-7(17)6(16)5(3-15)19-9/h1-2,5-7,9,15-17H,3H2,(H2,11,12,18)/t5-,6?,7?,9-/m1/s1. The van der Waals surface area contributed by atoms with Gasteiger partial charge in [0.25, 0.3) is 0 Å². The summed E-state index contributed by atoms with van der Waals surface area (Å²) < 4.78 is 6.01. The molecule has 9 nitrogen and oxygen atoms in total. The first-order valence-electron chi connectivity index (χ1n) is 5.46. The molecule has 5 N–H and O–H groups in total. The average molecular weight is 271 g/mol. The lowest BCUT2D eigenvalue weighted by atomic mass is 10.1. The van der Waals surface area contributed by atoms with E-state index in [0.717, 1.165) is 10.8 Å². The summed E-state index contributed by atoms with van der Waals surface area (Å²) in [5, 5.41) is 28.3. The molecule has 0 spiro atoms. The molecule has 0 saturated carbocycles. The first-order chi connectivity index (χ1) is 8.99. The zero-order valence-corrected chi connectivity index (χ0v) is 9.71. The third kappa shape index (κ3) is 2.24. The third-order valence-electron chi connectivity index (χ3n) is 2.93. The fourth-order valence-corrected chi connectivity index (χ4v) is 1.88. The molecule has 104 valence electrons. The van der Waals surface area contributed by atoms with Crippen molar-refractivity contribution < 1.29 is 24.9 Å². The summed E-state index contributed by atoms with van der Waals surface area (Å²) in [7, 11) is 0. The molecule has 9 heteroatoms. The molecule has 1 saturated heterocycles. The Balaban J connectivity index is 2.43. The highest BCUT2D eigenvalue weighted by atomic mass is 16.6. The average Bonchev–Trinajstić information content (AvgIpc) is 2.67. The van der Waals surface area contributed by atoms with E-state index in [-0.39, 0.29) is 11.4 Å². The molecule has 0 bridgehead atoms. The van der Waals surface area contributed by atoms with E-state index in [0.29, 0.717) is 6.29 Å². The Kier molecular flexibility index (Phi) is 3.62. The lowest BCUT2D eigenvalue weighted by Gasteiger charge is -2.17. The molecule has 1 aromatic rings. The smallest absolute Gasteiger partial charge is 0.351 e. The van der Waals surface area contributed by atoms with Gasteiger partial charge >= 0.3 is 5.69 Å². The molecule has 19 heavy (non-hydrogen) atoms. The summed E-state index contributed by atoms with van der Waals surface area (Å²) in [5.41, 5.74) is 4.49. The van der Waals surface area contributed by atoms with Gasteiger partial charge in [-0.05, 0) is 0 Å². The second-order valence-corrected chi connectivity index (χ2v) is 4.12. The molecule has 1 aliphatic heterocycles. The fraction of sp³-hybridized carbons (Fsp3) is 0.500. The second kappa shape index (κ2) is 5.05. The monoisotopic (exact) mass is 271 g/mol. The van der Waals surface area contributed by atoms with E-state index >= 15 is 0 Å². The van der Waals surface area contributed by atoms with Crippen LogP contribution in [0.25, 0.3) is 0 Å². The number of hydrogen-bond donors (Lipinski definition) is 4. The van der Waals surface area contributed by atoms with E-state index in [1.807, 2.05) is 0 Å². The first-order valence-corrected chi connectivity index (χ1v) is 5.46. The van der Waals surface area contributed by atoms with Crippen molar-refractivity contribution in [3.05, 3.63) is 22.2 Å². The summed E-state index contributed by atoms with van der Waals surface area (Å²) in [4.78, 5) is 25.8. The molecule has 4 atom stereocenters. The van der Waals surface area contributed by atoms with Crippen LogP contribution in [-0.4, -0.2) is 56.1 Å². The van der Waals surface area contributed by atoms with Gasteiger partial charge in [0.1, 0.15) is 24.1 Å². The molecule has 2 rings (SSSR count). The Morgan fingerprint density at radius 3 is 2.68 bits per heavy atom. The highest BCUT2D eigenvalue weighted by Gasteiger charge is 2.43. The van der Waals surface area contributed by atoms with Gasteiger partial charge in [0.2, 0.25) is 0 Å². The maximum absolute atomic E-state index is 11.7. The quantitative estimate of drug-likeness (QED) is 0.432. The fourth-order valence-electron chi connectivity index (χ4n) is 1.88. The van der Waals surface area contributed by atoms with E-state index in [1.54, 1.807) is 0 Å². The van der Waals surface area contributed by atoms with Gasteiger partial charge in [-0.3, -0.25) is 9.36 Å². The Morgan fingerprint density at radius 2 is 2.16 bits per heavy atom. The van der Waals surface area contributed by atoms with Crippen molar-refractivity contribution in [2.45, 2.75) is 24.5 Å². The zero-order chi connectivity index (χ0) is 14.2. The lowest BCUT2D eigenvalue weighted by Crippen LogP contribution is -2.36. The molecule has 2 heterocycles. The number of aromatic nitrogens is 2. The van der Waals surface area contributed by atoms with Crippen LogP contribution in [-0.2, 0) is 4.74 Å². The van der Waals surface area contributed by atoms with E-state index < -0.39 is 36.8 Å². The lowest BCUT2D eigenvalue weighted by molar-refractivity contribution is -0.0549. The zero-order valence-electron chi connectivity index (χ0n) is 9.71. The van der Waals surface area contributed by atoms with Gasteiger partial charge in [-0.25, -0.2) is 4.79 Å². The van der Waals surface area contributed by atoms with E-state index in [1.165, 1.54) is 0 Å². The number of carbonyl (C=O) groups is 1. The van der Waals surface area contributed by atoms with E-state index in [2.05, 4.69) is 4.98 Å². The minimum absolute atomic E-state index is 0.0441. The van der Waals surface area contributed by atoms with Crippen LogP contribution < -0.4 is 11.4 Å². The predicted octanol–water partition coefficient (Wildman–Crippen LogP) is -2.75. The van der Waals surface area contributed by atoms with Crippen LogP contribution in [0.4, 0.5) is 5.82 Å². The Morgan fingerprint density at radius 1 is 1.47 bits per heavy atom. The number of ether oxygens (including phenoxy) is 1. The number of rotatable bonds is 3. The summed E-state index contributed by atoms with van der Waals surface area (Å²) in [6.45, 7) is -0.521. The maximum Gasteiger partial charge on any atom is 0.351 e. The van der Waals surface area contributed by atoms with Crippen molar-refractivity contribution in [1.82, 2.24) is 9.55 Å². The molecular formula is C10H13N3O6. The van der Waals surface area contributed by atoms with Gasteiger partial charge in [-0.1, -0.05) is 0 Å². The number of nitrogens with zero attached hydrogens (tertiary/aromatic N) is 2. The summed E-state index contributed by atoms with van der Waals surface area (Å²) in [5.74, 6) is -0.233. The van der Waals surface area contributed by atoms with Crippen molar-refractivity contribution >= 4 is 12.1 Å². The van der Waals surface area contributed by atoms with Crippen LogP contribution in [0.15, 0.2) is 11.0 Å². The molecule has 2 unspecified atom stereocenters. The molecule has 0 aliphatic carbocycles. The number of hydrogen-bond acceptors (Lipinski definition) is 8. The molecule has 1 fully saturated rings. The van der Waals surface area contributed by atoms with Gasteiger partial charge < -0.3 is 25.8 Å². The number of nitrogen functional groups attached to an aromatic ring is 1. The van der Waals surface area contributed by atoms with Crippen molar-refractivity contribution in [2.75, 3.05) is 12.3 Å². The molecule has 0 amide bonds. The highest BCUT2D eigenvalue weighted by molar-refractivity contribution is 5.80. The van der Waals surface area contributed by atoms with Crippen LogP contribution in [0.5, 0.6) is 0 Å². The van der Waals surface area contributed by atoms with Crippen LogP contribution in [0.3, 0.4) is 0 Å². The topological polar surface area (TPSA) is 148 Å². The summed E-state index contributed by atoms with van der Waals surface area (Å²) >= 11 is 0. The molecule has 0 radical (unpaired) electrons. The van der Waals surface area contributed by atoms with Crippen molar-refractivity contribution in [2.24, 2.45) is 0 Å². The molecule has 1 aliphatic rings. The van der Waals surface area contributed by atoms with Crippen LogP contribution in [0, 0.1) is 0 Å². The molecule has 0 aromatic carbocycles. The van der Waals surface area contributed by atoms with Crippen LogP contribution >= 0.6 is 0 Å². The normalized spacial score (nSPS) is 30.5. The van der Waals surface area contributed by atoms with Gasteiger partial charge in [0, 0.05) is 6.20 Å². The van der Waals surface area contributed by atoms with E-state index in [9.17, 15) is 19.8 Å². The van der Waals surface area contributed by atoms with Crippen molar-refractivity contribution in [3.63, 3.8) is 0 Å². The number of aldehydes is 1. The number of carbonyl (C=O) groups excluding carboxylic acids is 1. The minimum Gasteiger partial charge on any atom is -0.394 e. The third-order valence-corrected chi connectivity index (χ3v) is 2.93. The Hall–Kier alpha value is -1.81. The SMILES string of the molecule is Nc1nc(=O)n([C@@H]2O[C@H](CO)C(O)C2O)cc1C=O. The van der Waals surface area contributed by atoms with Gasteiger partial charge in [0.05, 0.1) is 12.2 Å². The number of anilines is 1. The van der Waals surface area contributed by atoms with Crippen molar-refractivity contribution in [1.29, 1.82) is 0 Å². The molecular weight excluding hydrogens is 258 g/mol. The largest absolute Gasteiger partial charge is 0.394 e. The minimum atomic E-state index is -1.43. The maximum atomic E-state index is 11.7. The van der Waals surface area contributed by atoms with Crippen molar-refractivity contribution in [3.8, 4) is 0 Å². The highest BCUT2D eigenvalue weighted by Crippen LogP contribution is 2.28. The van der Waals surface area contributed by atoms with Gasteiger partial charge in [-0.15, -0.1) is 0 Å². The molecule has 1 aromatic heterocycles. The number of aliphatic hydroxyl groups is 3. The van der Waals surface area contributed by atoms with Crippen LogP contribution in [0.2, 0.25) is 0 Å².